The number of hydrogen-bond donors (Lipinski definition) is 2. The fourth-order valence-corrected chi connectivity index (χ4v) is 1.22. The average molecular weight is 259 g/mol. The highest BCUT2D eigenvalue weighted by Crippen LogP contribution is 2.06. The van der Waals surface area contributed by atoms with Crippen molar-refractivity contribution in [3.05, 3.63) is 29.0 Å². The highest BCUT2D eigenvalue weighted by molar-refractivity contribution is 6.29. The molecule has 1 aromatic heterocycles. The van der Waals surface area contributed by atoms with Crippen molar-refractivity contribution >= 4 is 23.5 Å². The number of nitrogens with zero attached hydrogens (tertiary/aromatic N) is 1. The molecule has 0 radical (unpaired) electrons. The van der Waals surface area contributed by atoms with Crippen molar-refractivity contribution in [3.8, 4) is 0 Å². The summed E-state index contributed by atoms with van der Waals surface area (Å²) >= 11 is 5.63. The molecule has 0 aliphatic heterocycles. The molecule has 17 heavy (non-hydrogen) atoms. The van der Waals surface area contributed by atoms with Crippen LogP contribution in [0.25, 0.3) is 0 Å². The van der Waals surface area contributed by atoms with Crippen LogP contribution >= 0.6 is 11.6 Å². The van der Waals surface area contributed by atoms with Gasteiger partial charge in [0, 0.05) is 18.3 Å². The van der Waals surface area contributed by atoms with Crippen LogP contribution in [0.1, 0.15) is 10.4 Å². The molecule has 0 aliphatic carbocycles. The van der Waals surface area contributed by atoms with Gasteiger partial charge in [0.1, 0.15) is 11.8 Å². The van der Waals surface area contributed by atoms with Gasteiger partial charge in [-0.1, -0.05) is 11.6 Å². The third-order valence-electron chi connectivity index (χ3n) is 1.75. The van der Waals surface area contributed by atoms with Crippen LogP contribution in [0.4, 0.5) is 0 Å². The van der Waals surface area contributed by atoms with Gasteiger partial charge in [-0.05, 0) is 12.1 Å². The fourth-order valence-electron chi connectivity index (χ4n) is 1.04. The summed E-state index contributed by atoms with van der Waals surface area (Å²) in [6.45, 7) is -0.0140. The van der Waals surface area contributed by atoms with Crippen molar-refractivity contribution in [1.29, 1.82) is 0 Å². The Hall–Kier alpha value is -1.66. The lowest BCUT2D eigenvalue weighted by Gasteiger charge is -2.05. The Kier molecular flexibility index (Phi) is 5.38. The number of carbonyl (C=O) groups excluding carboxylic acids is 1. The number of halogens is 1. The van der Waals surface area contributed by atoms with Crippen LogP contribution in [0, 0.1) is 0 Å². The molecular weight excluding hydrogens is 248 g/mol. The third-order valence-corrected chi connectivity index (χ3v) is 1.95. The van der Waals surface area contributed by atoms with Crippen LogP contribution in [-0.2, 0) is 9.53 Å². The van der Waals surface area contributed by atoms with Gasteiger partial charge in [-0.2, -0.15) is 0 Å². The van der Waals surface area contributed by atoms with E-state index >= 15 is 0 Å². The first kappa shape index (κ1) is 13.4. The predicted molar refractivity (Wildman–Crippen MR) is 60.0 cm³/mol. The van der Waals surface area contributed by atoms with Crippen LogP contribution in [0.3, 0.4) is 0 Å². The topological polar surface area (TPSA) is 88.5 Å². The summed E-state index contributed by atoms with van der Waals surface area (Å²) < 4.78 is 4.75. The molecule has 1 rings (SSSR count). The molecule has 0 saturated heterocycles. The zero-order valence-corrected chi connectivity index (χ0v) is 9.61. The Morgan fingerprint density at radius 2 is 2.29 bits per heavy atom. The second kappa shape index (κ2) is 6.82. The fraction of sp³-hybridized carbons (Fsp3) is 0.300. The number of ether oxygens (including phenoxy) is 1. The Balaban J connectivity index is 2.28. The SMILES string of the molecule is O=C(O)COCCNC(=O)c1ccnc(Cl)c1. The number of carboxylic acid groups (broad SMARTS) is 1. The summed E-state index contributed by atoms with van der Waals surface area (Å²) in [5.41, 5.74) is 0.392. The Morgan fingerprint density at radius 1 is 1.53 bits per heavy atom. The van der Waals surface area contributed by atoms with Crippen molar-refractivity contribution in [2.45, 2.75) is 0 Å². The van der Waals surface area contributed by atoms with E-state index in [1.807, 2.05) is 0 Å². The first-order valence-electron chi connectivity index (χ1n) is 4.79. The number of pyridine rings is 1. The van der Waals surface area contributed by atoms with Gasteiger partial charge in [-0.3, -0.25) is 4.79 Å². The Bertz CT molecular complexity index is 411. The van der Waals surface area contributed by atoms with Gasteiger partial charge in [0.25, 0.3) is 5.91 Å². The number of nitrogens with one attached hydrogen (secondary N) is 1. The minimum Gasteiger partial charge on any atom is -0.480 e. The van der Waals surface area contributed by atoms with Gasteiger partial charge < -0.3 is 15.2 Å². The highest BCUT2D eigenvalue weighted by atomic mass is 35.5. The molecule has 0 unspecified atom stereocenters. The lowest BCUT2D eigenvalue weighted by molar-refractivity contribution is -0.142. The minimum atomic E-state index is -1.04. The largest absolute Gasteiger partial charge is 0.480 e. The third kappa shape index (κ3) is 5.28. The molecule has 0 aliphatic rings. The zero-order chi connectivity index (χ0) is 12.7. The van der Waals surface area contributed by atoms with Gasteiger partial charge in [0.2, 0.25) is 0 Å². The lowest BCUT2D eigenvalue weighted by Crippen LogP contribution is -2.27. The van der Waals surface area contributed by atoms with Gasteiger partial charge in [0.15, 0.2) is 0 Å². The van der Waals surface area contributed by atoms with Crippen molar-refractivity contribution < 1.29 is 19.4 Å². The number of hydrogen-bond acceptors (Lipinski definition) is 4. The molecule has 0 bridgehead atoms. The van der Waals surface area contributed by atoms with E-state index in [0.717, 1.165) is 0 Å². The number of rotatable bonds is 6. The van der Waals surface area contributed by atoms with Gasteiger partial charge in [-0.25, -0.2) is 9.78 Å². The van der Waals surface area contributed by atoms with E-state index in [2.05, 4.69) is 10.3 Å². The summed E-state index contributed by atoms with van der Waals surface area (Å²) in [4.78, 5) is 25.4. The van der Waals surface area contributed by atoms with Crippen LogP contribution < -0.4 is 5.32 Å². The van der Waals surface area contributed by atoms with E-state index in [0.29, 0.717) is 5.56 Å². The van der Waals surface area contributed by atoms with Crippen LogP contribution in [0.2, 0.25) is 5.15 Å². The molecule has 0 atom stereocenters. The monoisotopic (exact) mass is 258 g/mol. The molecule has 2 N–H and O–H groups in total. The summed E-state index contributed by atoms with van der Waals surface area (Å²) in [6.07, 6.45) is 1.43. The number of amides is 1. The van der Waals surface area contributed by atoms with Gasteiger partial charge >= 0.3 is 5.97 Å². The summed E-state index contributed by atoms with van der Waals surface area (Å²) in [5.74, 6) is -1.36. The van der Waals surface area contributed by atoms with E-state index in [1.165, 1.54) is 18.3 Å². The lowest BCUT2D eigenvalue weighted by atomic mass is 10.2. The minimum absolute atomic E-state index is 0.136. The van der Waals surface area contributed by atoms with Crippen molar-refractivity contribution in [2.75, 3.05) is 19.8 Å². The maximum Gasteiger partial charge on any atom is 0.329 e. The highest BCUT2D eigenvalue weighted by Gasteiger charge is 2.05. The van der Waals surface area contributed by atoms with E-state index in [-0.39, 0.29) is 30.8 Å². The number of aromatic nitrogens is 1. The number of aliphatic carboxylic acids is 1. The van der Waals surface area contributed by atoms with Crippen molar-refractivity contribution in [2.24, 2.45) is 0 Å². The molecular formula is C10H11ClN2O4. The molecule has 92 valence electrons. The quantitative estimate of drug-likeness (QED) is 0.575. The van der Waals surface area contributed by atoms with Gasteiger partial charge in [0.05, 0.1) is 6.61 Å². The summed E-state index contributed by atoms with van der Waals surface area (Å²) in [7, 11) is 0. The van der Waals surface area contributed by atoms with E-state index in [4.69, 9.17) is 21.4 Å². The van der Waals surface area contributed by atoms with Crippen molar-refractivity contribution in [3.63, 3.8) is 0 Å². The molecule has 0 fully saturated rings. The number of carboxylic acids is 1. The number of carbonyl (C=O) groups is 2. The maximum atomic E-state index is 11.5. The summed E-state index contributed by atoms with van der Waals surface area (Å²) in [5, 5.41) is 11.1. The second-order valence-corrected chi connectivity index (χ2v) is 3.46. The molecule has 0 spiro atoms. The smallest absolute Gasteiger partial charge is 0.329 e. The molecule has 1 amide bonds. The van der Waals surface area contributed by atoms with Gasteiger partial charge in [-0.15, -0.1) is 0 Å². The normalized spacial score (nSPS) is 9.94. The maximum absolute atomic E-state index is 11.5. The standard InChI is InChI=1S/C10H11ClN2O4/c11-8-5-7(1-2-12-8)10(16)13-3-4-17-6-9(14)15/h1-2,5H,3-4,6H2,(H,13,16)(H,14,15). The Morgan fingerprint density at radius 3 is 2.94 bits per heavy atom. The van der Waals surface area contributed by atoms with Crippen LogP contribution in [0.15, 0.2) is 18.3 Å². The molecule has 6 nitrogen and oxygen atoms in total. The van der Waals surface area contributed by atoms with E-state index in [9.17, 15) is 9.59 Å². The Labute approximate surface area is 103 Å². The van der Waals surface area contributed by atoms with E-state index in [1.54, 1.807) is 0 Å². The first-order chi connectivity index (χ1) is 8.09. The van der Waals surface area contributed by atoms with Crippen LogP contribution in [0.5, 0.6) is 0 Å². The average Bonchev–Trinajstić information content (AvgIpc) is 2.28. The predicted octanol–water partition coefficient (Wildman–Crippen LogP) is 0.566. The van der Waals surface area contributed by atoms with Crippen molar-refractivity contribution in [1.82, 2.24) is 10.3 Å². The molecule has 1 heterocycles. The van der Waals surface area contributed by atoms with Crippen LogP contribution in [-0.4, -0.2) is 41.7 Å². The first-order valence-corrected chi connectivity index (χ1v) is 5.16. The second-order valence-electron chi connectivity index (χ2n) is 3.07. The van der Waals surface area contributed by atoms with E-state index < -0.39 is 5.97 Å². The molecule has 7 heteroatoms. The summed E-state index contributed by atoms with van der Waals surface area (Å²) in [6, 6.07) is 2.97. The zero-order valence-electron chi connectivity index (χ0n) is 8.85. The molecule has 0 aromatic carbocycles. The molecule has 0 saturated carbocycles. The molecule has 1 aromatic rings.